The number of nitrogens with zero attached hydrogens (tertiary/aromatic N) is 1. The van der Waals surface area contributed by atoms with Gasteiger partial charge in [-0.25, -0.2) is 9.59 Å². The van der Waals surface area contributed by atoms with E-state index in [1.54, 1.807) is 13.0 Å². The van der Waals surface area contributed by atoms with E-state index in [-0.39, 0.29) is 6.61 Å². The van der Waals surface area contributed by atoms with Gasteiger partial charge < -0.3 is 15.4 Å². The van der Waals surface area contributed by atoms with E-state index in [9.17, 15) is 14.9 Å². The Labute approximate surface area is 179 Å². The van der Waals surface area contributed by atoms with Crippen molar-refractivity contribution < 1.29 is 14.3 Å². The summed E-state index contributed by atoms with van der Waals surface area (Å²) >= 11 is 0. The zero-order valence-electron chi connectivity index (χ0n) is 16.9. The highest BCUT2D eigenvalue weighted by atomic mass is 16.5. The number of nitrogens with one attached hydrogen (secondary N) is 2. The lowest BCUT2D eigenvalue weighted by molar-refractivity contribution is 0.0526. The van der Waals surface area contributed by atoms with Crippen molar-refractivity contribution >= 4 is 23.4 Å². The topological polar surface area (TPSA) is 91.2 Å². The molecule has 31 heavy (non-hydrogen) atoms. The van der Waals surface area contributed by atoms with Crippen LogP contribution >= 0.6 is 0 Å². The van der Waals surface area contributed by atoms with Crippen LogP contribution in [0.3, 0.4) is 0 Å². The van der Waals surface area contributed by atoms with Gasteiger partial charge in [0.2, 0.25) is 0 Å². The summed E-state index contributed by atoms with van der Waals surface area (Å²) in [6, 6.07) is 17.0. The van der Waals surface area contributed by atoms with Gasteiger partial charge in [0.1, 0.15) is 6.07 Å². The van der Waals surface area contributed by atoms with E-state index in [0.717, 1.165) is 23.1 Å². The fourth-order valence-corrected chi connectivity index (χ4v) is 4.60. The van der Waals surface area contributed by atoms with E-state index in [1.165, 1.54) is 0 Å². The van der Waals surface area contributed by atoms with Crippen LogP contribution in [-0.2, 0) is 17.6 Å². The molecule has 0 fully saturated rings. The van der Waals surface area contributed by atoms with Gasteiger partial charge in [0, 0.05) is 16.7 Å². The molecule has 1 heterocycles. The van der Waals surface area contributed by atoms with Gasteiger partial charge in [0.15, 0.2) is 0 Å². The molecule has 0 atom stereocenters. The van der Waals surface area contributed by atoms with Crippen LogP contribution in [0.5, 0.6) is 0 Å². The third kappa shape index (κ3) is 2.86. The van der Waals surface area contributed by atoms with Crippen molar-refractivity contribution in [2.24, 2.45) is 0 Å². The van der Waals surface area contributed by atoms with Gasteiger partial charge >= 0.3 is 12.0 Å². The molecule has 0 spiro atoms. The van der Waals surface area contributed by atoms with Crippen molar-refractivity contribution in [1.29, 1.82) is 5.26 Å². The zero-order valence-corrected chi connectivity index (χ0v) is 16.9. The molecule has 3 aromatic rings. The first-order valence-electron chi connectivity index (χ1n) is 10.2. The second-order valence-electron chi connectivity index (χ2n) is 7.47. The molecule has 0 unspecified atom stereocenters. The number of amides is 2. The number of hydrogen-bond acceptors (Lipinski definition) is 4. The Morgan fingerprint density at radius 2 is 1.77 bits per heavy atom. The van der Waals surface area contributed by atoms with Crippen molar-refractivity contribution in [3.8, 4) is 28.3 Å². The minimum absolute atomic E-state index is 0.227. The van der Waals surface area contributed by atoms with Gasteiger partial charge in [-0.15, -0.1) is 0 Å². The van der Waals surface area contributed by atoms with Gasteiger partial charge in [-0.1, -0.05) is 42.5 Å². The number of nitriles is 1. The summed E-state index contributed by atoms with van der Waals surface area (Å²) in [5.74, 6) is -0.454. The van der Waals surface area contributed by atoms with Gasteiger partial charge in [-0.05, 0) is 42.5 Å². The standard InChI is InChI=1S/C25H19N3O3/c1-2-31-24(29)22-17-12-11-14-7-3-4-8-15(14)20(17)18(13-26)23-21(22)16-9-5-6-10-19(16)27-25(30)28-23/h3-10H,2,11-12H2,1H3,(H2,27,28,30). The number of carbonyl (C=O) groups excluding carboxylic acids is 2. The quantitative estimate of drug-likeness (QED) is 0.575. The number of anilines is 2. The van der Waals surface area contributed by atoms with E-state index in [4.69, 9.17) is 4.74 Å². The summed E-state index contributed by atoms with van der Waals surface area (Å²) < 4.78 is 5.45. The molecule has 0 bridgehead atoms. The van der Waals surface area contributed by atoms with Crippen molar-refractivity contribution in [2.75, 3.05) is 17.2 Å². The Balaban J connectivity index is 1.97. The van der Waals surface area contributed by atoms with Crippen LogP contribution in [0.25, 0.3) is 22.3 Å². The van der Waals surface area contributed by atoms with E-state index in [2.05, 4.69) is 16.7 Å². The van der Waals surface area contributed by atoms with E-state index >= 15 is 0 Å². The molecule has 152 valence electrons. The van der Waals surface area contributed by atoms with Crippen LogP contribution in [0.1, 0.15) is 34.0 Å². The molecule has 0 aromatic heterocycles. The van der Waals surface area contributed by atoms with E-state index < -0.39 is 12.0 Å². The van der Waals surface area contributed by atoms with Crippen LogP contribution in [0.4, 0.5) is 16.2 Å². The van der Waals surface area contributed by atoms with Crippen LogP contribution in [0.15, 0.2) is 48.5 Å². The van der Waals surface area contributed by atoms with E-state index in [0.29, 0.717) is 45.6 Å². The first-order chi connectivity index (χ1) is 15.1. The highest BCUT2D eigenvalue weighted by Crippen LogP contribution is 2.49. The number of rotatable bonds is 2. The Morgan fingerprint density at radius 1 is 1.03 bits per heavy atom. The van der Waals surface area contributed by atoms with Crippen molar-refractivity contribution in [1.82, 2.24) is 0 Å². The summed E-state index contributed by atoms with van der Waals surface area (Å²) in [6.45, 7) is 1.99. The predicted octanol–water partition coefficient (Wildman–Crippen LogP) is 5.12. The molecule has 3 aromatic carbocycles. The van der Waals surface area contributed by atoms with Gasteiger partial charge in [-0.2, -0.15) is 5.26 Å². The Hall–Kier alpha value is -4.11. The Morgan fingerprint density at radius 3 is 2.55 bits per heavy atom. The molecular formula is C25H19N3O3. The summed E-state index contributed by atoms with van der Waals surface area (Å²) in [5, 5.41) is 15.8. The summed E-state index contributed by atoms with van der Waals surface area (Å²) in [7, 11) is 0. The molecule has 6 nitrogen and oxygen atoms in total. The fraction of sp³-hybridized carbons (Fsp3) is 0.160. The van der Waals surface area contributed by atoms with Crippen molar-refractivity contribution in [3.63, 3.8) is 0 Å². The first-order valence-corrected chi connectivity index (χ1v) is 10.2. The van der Waals surface area contributed by atoms with Crippen molar-refractivity contribution in [2.45, 2.75) is 19.8 Å². The van der Waals surface area contributed by atoms with Gasteiger partial charge in [0.05, 0.1) is 29.1 Å². The van der Waals surface area contributed by atoms with Crippen LogP contribution in [-0.4, -0.2) is 18.6 Å². The normalized spacial score (nSPS) is 13.2. The second kappa shape index (κ2) is 7.29. The number of hydrogen-bond donors (Lipinski definition) is 2. The van der Waals surface area contributed by atoms with Crippen LogP contribution in [0.2, 0.25) is 0 Å². The Kier molecular flexibility index (Phi) is 4.45. The summed E-state index contributed by atoms with van der Waals surface area (Å²) in [6.07, 6.45) is 1.36. The highest BCUT2D eigenvalue weighted by Gasteiger charge is 2.34. The number of esters is 1. The Bertz CT molecular complexity index is 1300. The molecular weight excluding hydrogens is 390 g/mol. The number of fused-ring (bicyclic) bond motifs is 6. The average Bonchev–Trinajstić information content (AvgIpc) is 2.93. The maximum atomic E-state index is 13.3. The number of urea groups is 1. The lowest BCUT2D eigenvalue weighted by atomic mass is 9.77. The predicted molar refractivity (Wildman–Crippen MR) is 118 cm³/mol. The third-order valence-electron chi connectivity index (χ3n) is 5.81. The summed E-state index contributed by atoms with van der Waals surface area (Å²) in [4.78, 5) is 25.9. The molecule has 1 aliphatic carbocycles. The molecule has 2 N–H and O–H groups in total. The lowest BCUT2D eigenvalue weighted by Gasteiger charge is -2.27. The number of benzene rings is 3. The average molecular weight is 409 g/mol. The maximum absolute atomic E-state index is 13.3. The molecule has 2 amide bonds. The third-order valence-corrected chi connectivity index (χ3v) is 5.81. The largest absolute Gasteiger partial charge is 0.462 e. The first kappa shape index (κ1) is 18.9. The zero-order chi connectivity index (χ0) is 21.5. The molecule has 1 aliphatic heterocycles. The van der Waals surface area contributed by atoms with Crippen molar-refractivity contribution in [3.05, 3.63) is 70.8 Å². The molecule has 0 saturated heterocycles. The minimum Gasteiger partial charge on any atom is -0.462 e. The van der Waals surface area contributed by atoms with Crippen LogP contribution in [0, 0.1) is 11.3 Å². The SMILES string of the molecule is CCOC(=O)c1c2c(c(C#N)c3c1-c1ccccc1NC(=O)N3)-c1ccccc1CC2. The van der Waals surface area contributed by atoms with Gasteiger partial charge in [-0.3, -0.25) is 0 Å². The summed E-state index contributed by atoms with van der Waals surface area (Å²) in [5.41, 5.74) is 6.40. The lowest BCUT2D eigenvalue weighted by Crippen LogP contribution is -2.21. The fourth-order valence-electron chi connectivity index (χ4n) is 4.60. The minimum atomic E-state index is -0.457. The molecule has 0 saturated carbocycles. The van der Waals surface area contributed by atoms with Crippen LogP contribution < -0.4 is 10.6 Å². The molecule has 0 radical (unpaired) electrons. The monoisotopic (exact) mass is 409 g/mol. The van der Waals surface area contributed by atoms with E-state index in [1.807, 2.05) is 42.5 Å². The smallest absolute Gasteiger partial charge is 0.339 e. The second-order valence-corrected chi connectivity index (χ2v) is 7.47. The number of aryl methyl sites for hydroxylation is 1. The molecule has 2 aliphatic rings. The van der Waals surface area contributed by atoms with Gasteiger partial charge in [0.25, 0.3) is 0 Å². The molecule has 6 heteroatoms. The highest BCUT2D eigenvalue weighted by molar-refractivity contribution is 6.16. The number of carbonyl (C=O) groups is 2. The number of ether oxygens (including phenoxy) is 1. The maximum Gasteiger partial charge on any atom is 0.339 e. The molecule has 5 rings (SSSR count). The number of para-hydroxylation sites is 1.